The van der Waals surface area contributed by atoms with Crippen LogP contribution in [-0.4, -0.2) is 48.2 Å². The lowest BCUT2D eigenvalue weighted by Gasteiger charge is -2.21. The van der Waals surface area contributed by atoms with Crippen LogP contribution in [0.25, 0.3) is 0 Å². The predicted octanol–water partition coefficient (Wildman–Crippen LogP) is -0.0323. The first kappa shape index (κ1) is 11.5. The summed E-state index contributed by atoms with van der Waals surface area (Å²) in [6.07, 6.45) is 2.34. The minimum atomic E-state index is -0.332. The van der Waals surface area contributed by atoms with Crippen LogP contribution in [0.5, 0.6) is 0 Å². The Hall–Kier alpha value is -0.610. The number of aliphatic hydroxyl groups excluding tert-OH is 1. The van der Waals surface area contributed by atoms with Gasteiger partial charge in [0, 0.05) is 13.6 Å². The van der Waals surface area contributed by atoms with Crippen LogP contribution in [0.1, 0.15) is 26.2 Å². The number of aliphatic hydroxyl groups is 1. The number of nitrogens with one attached hydrogen (secondary N) is 1. The number of hydrogen-bond acceptors (Lipinski definition) is 3. The van der Waals surface area contributed by atoms with Gasteiger partial charge in [0.15, 0.2) is 0 Å². The van der Waals surface area contributed by atoms with Gasteiger partial charge in [-0.05, 0) is 32.7 Å². The largest absolute Gasteiger partial charge is 0.393 e. The average Bonchev–Trinajstić information content (AvgIpc) is 2.65. The Balaban J connectivity index is 2.28. The van der Waals surface area contributed by atoms with Crippen molar-refractivity contribution in [3.8, 4) is 0 Å². The Morgan fingerprint density at radius 2 is 2.43 bits per heavy atom. The standard InChI is InChI=1S/C10H20N2O2/c1-8(13)5-7-12(2)10(14)9-4-3-6-11-9/h8-9,11,13H,3-7H2,1-2H3. The normalized spacial score (nSPS) is 23.5. The second kappa shape index (κ2) is 5.32. The quantitative estimate of drug-likeness (QED) is 0.670. The zero-order chi connectivity index (χ0) is 10.6. The molecule has 1 aliphatic rings. The number of carbonyl (C=O) groups is 1. The van der Waals surface area contributed by atoms with Gasteiger partial charge in [-0.2, -0.15) is 0 Å². The lowest BCUT2D eigenvalue weighted by molar-refractivity contribution is -0.132. The van der Waals surface area contributed by atoms with Crippen molar-refractivity contribution in [2.24, 2.45) is 0 Å². The maximum atomic E-state index is 11.7. The Kier molecular flexibility index (Phi) is 4.35. The summed E-state index contributed by atoms with van der Waals surface area (Å²) in [7, 11) is 1.80. The smallest absolute Gasteiger partial charge is 0.239 e. The zero-order valence-electron chi connectivity index (χ0n) is 8.99. The first-order valence-corrected chi connectivity index (χ1v) is 5.27. The van der Waals surface area contributed by atoms with E-state index < -0.39 is 0 Å². The third-order valence-electron chi connectivity index (χ3n) is 2.62. The summed E-state index contributed by atoms with van der Waals surface area (Å²) >= 11 is 0. The van der Waals surface area contributed by atoms with Crippen molar-refractivity contribution in [2.75, 3.05) is 20.1 Å². The van der Waals surface area contributed by atoms with E-state index in [2.05, 4.69) is 5.32 Å². The van der Waals surface area contributed by atoms with E-state index in [-0.39, 0.29) is 18.1 Å². The maximum Gasteiger partial charge on any atom is 0.239 e. The molecule has 82 valence electrons. The average molecular weight is 200 g/mol. The molecule has 0 aromatic rings. The summed E-state index contributed by atoms with van der Waals surface area (Å²) in [5.41, 5.74) is 0. The third kappa shape index (κ3) is 3.27. The van der Waals surface area contributed by atoms with Crippen molar-refractivity contribution < 1.29 is 9.90 Å². The molecule has 4 nitrogen and oxygen atoms in total. The molecule has 2 unspecified atom stereocenters. The van der Waals surface area contributed by atoms with Gasteiger partial charge in [0.05, 0.1) is 12.1 Å². The van der Waals surface area contributed by atoms with Crippen LogP contribution in [0, 0.1) is 0 Å². The zero-order valence-corrected chi connectivity index (χ0v) is 8.99. The van der Waals surface area contributed by atoms with Gasteiger partial charge >= 0.3 is 0 Å². The lowest BCUT2D eigenvalue weighted by atomic mass is 10.2. The summed E-state index contributed by atoms with van der Waals surface area (Å²) in [5.74, 6) is 0.156. The van der Waals surface area contributed by atoms with E-state index in [1.165, 1.54) is 0 Å². The molecule has 1 aliphatic heterocycles. The Morgan fingerprint density at radius 1 is 1.71 bits per heavy atom. The molecule has 0 aromatic heterocycles. The van der Waals surface area contributed by atoms with Crippen LogP contribution in [0.4, 0.5) is 0 Å². The molecule has 0 aliphatic carbocycles. The van der Waals surface area contributed by atoms with E-state index in [0.29, 0.717) is 13.0 Å². The highest BCUT2D eigenvalue weighted by Gasteiger charge is 2.24. The van der Waals surface area contributed by atoms with Gasteiger partial charge in [0.1, 0.15) is 0 Å². The molecule has 14 heavy (non-hydrogen) atoms. The van der Waals surface area contributed by atoms with E-state index in [9.17, 15) is 4.79 Å². The lowest BCUT2D eigenvalue weighted by Crippen LogP contribution is -2.42. The van der Waals surface area contributed by atoms with Crippen molar-refractivity contribution >= 4 is 5.91 Å². The van der Waals surface area contributed by atoms with Gasteiger partial charge in [0.2, 0.25) is 5.91 Å². The van der Waals surface area contributed by atoms with E-state index in [0.717, 1.165) is 19.4 Å². The highest BCUT2D eigenvalue weighted by Crippen LogP contribution is 2.08. The van der Waals surface area contributed by atoms with Crippen molar-refractivity contribution in [3.63, 3.8) is 0 Å². The maximum absolute atomic E-state index is 11.7. The number of nitrogens with zero attached hydrogens (tertiary/aromatic N) is 1. The SMILES string of the molecule is CC(O)CCN(C)C(=O)C1CCCN1. The molecule has 2 N–H and O–H groups in total. The van der Waals surface area contributed by atoms with Gasteiger partial charge < -0.3 is 15.3 Å². The van der Waals surface area contributed by atoms with Crippen molar-refractivity contribution in [1.82, 2.24) is 10.2 Å². The number of carbonyl (C=O) groups excluding carboxylic acids is 1. The number of hydrogen-bond donors (Lipinski definition) is 2. The predicted molar refractivity (Wildman–Crippen MR) is 55.0 cm³/mol. The molecule has 0 saturated carbocycles. The second-order valence-corrected chi connectivity index (χ2v) is 4.05. The monoisotopic (exact) mass is 200 g/mol. The van der Waals surface area contributed by atoms with E-state index in [1.807, 2.05) is 0 Å². The highest BCUT2D eigenvalue weighted by molar-refractivity contribution is 5.81. The first-order valence-electron chi connectivity index (χ1n) is 5.27. The topological polar surface area (TPSA) is 52.6 Å². The molecule has 1 fully saturated rings. The van der Waals surface area contributed by atoms with Gasteiger partial charge in [-0.3, -0.25) is 4.79 Å². The Bertz CT molecular complexity index is 189. The van der Waals surface area contributed by atoms with Crippen LogP contribution in [0.2, 0.25) is 0 Å². The molecule has 1 heterocycles. The Labute approximate surface area is 85.3 Å². The van der Waals surface area contributed by atoms with Crippen LogP contribution < -0.4 is 5.32 Å². The molecular weight excluding hydrogens is 180 g/mol. The Morgan fingerprint density at radius 3 is 2.93 bits per heavy atom. The molecule has 0 radical (unpaired) electrons. The van der Waals surface area contributed by atoms with E-state index in [1.54, 1.807) is 18.9 Å². The van der Waals surface area contributed by atoms with Crippen molar-refractivity contribution in [2.45, 2.75) is 38.3 Å². The molecule has 1 amide bonds. The third-order valence-corrected chi connectivity index (χ3v) is 2.62. The molecule has 4 heteroatoms. The van der Waals surface area contributed by atoms with Crippen molar-refractivity contribution in [3.05, 3.63) is 0 Å². The molecule has 2 atom stereocenters. The van der Waals surface area contributed by atoms with Gasteiger partial charge in [-0.15, -0.1) is 0 Å². The summed E-state index contributed by atoms with van der Waals surface area (Å²) < 4.78 is 0. The molecule has 1 rings (SSSR count). The summed E-state index contributed by atoms with van der Waals surface area (Å²) in [6, 6.07) is 0.00833. The van der Waals surface area contributed by atoms with Gasteiger partial charge in [-0.25, -0.2) is 0 Å². The fourth-order valence-corrected chi connectivity index (χ4v) is 1.65. The van der Waals surface area contributed by atoms with E-state index >= 15 is 0 Å². The minimum absolute atomic E-state index is 0.00833. The van der Waals surface area contributed by atoms with Crippen LogP contribution >= 0.6 is 0 Å². The number of likely N-dealkylation sites (N-methyl/N-ethyl adjacent to an activating group) is 1. The van der Waals surface area contributed by atoms with E-state index in [4.69, 9.17) is 5.11 Å². The fraction of sp³-hybridized carbons (Fsp3) is 0.900. The number of rotatable bonds is 4. The molecule has 0 bridgehead atoms. The van der Waals surface area contributed by atoms with Crippen molar-refractivity contribution in [1.29, 1.82) is 0 Å². The fourth-order valence-electron chi connectivity index (χ4n) is 1.65. The van der Waals surface area contributed by atoms with Gasteiger partial charge in [0.25, 0.3) is 0 Å². The van der Waals surface area contributed by atoms with Crippen LogP contribution in [-0.2, 0) is 4.79 Å². The molecule has 1 saturated heterocycles. The minimum Gasteiger partial charge on any atom is -0.393 e. The summed E-state index contributed by atoms with van der Waals surface area (Å²) in [4.78, 5) is 13.4. The number of amides is 1. The molecule has 0 spiro atoms. The highest BCUT2D eigenvalue weighted by atomic mass is 16.3. The van der Waals surface area contributed by atoms with Crippen LogP contribution in [0.15, 0.2) is 0 Å². The first-order chi connectivity index (χ1) is 6.61. The van der Waals surface area contributed by atoms with Gasteiger partial charge in [-0.1, -0.05) is 0 Å². The second-order valence-electron chi connectivity index (χ2n) is 4.05. The summed E-state index contributed by atoms with van der Waals surface area (Å²) in [6.45, 7) is 3.32. The molecular formula is C10H20N2O2. The van der Waals surface area contributed by atoms with Crippen LogP contribution in [0.3, 0.4) is 0 Å². The molecule has 0 aromatic carbocycles. The summed E-state index contributed by atoms with van der Waals surface area (Å²) in [5, 5.41) is 12.3.